The van der Waals surface area contributed by atoms with Gasteiger partial charge in [0.2, 0.25) is 0 Å². The Hall–Kier alpha value is -1.65. The molecule has 0 radical (unpaired) electrons. The van der Waals surface area contributed by atoms with E-state index in [1.165, 1.54) is 44.3 Å². The summed E-state index contributed by atoms with van der Waals surface area (Å²) in [6.45, 7) is 8.72. The number of carbonyl (C=O) groups is 3. The van der Waals surface area contributed by atoms with Crippen LogP contribution in [-0.4, -0.2) is 34.8 Å². The number of hydrogen-bond donors (Lipinski definition) is 0. The van der Waals surface area contributed by atoms with Crippen LogP contribution in [0.15, 0.2) is 12.2 Å². The summed E-state index contributed by atoms with van der Waals surface area (Å²) < 4.78 is 5.87. The molecule has 0 fully saturated rings. The second kappa shape index (κ2) is 16.0. The molecule has 2 amide bonds. The first-order valence-electron chi connectivity index (χ1n) is 12.7. The van der Waals surface area contributed by atoms with E-state index in [9.17, 15) is 14.4 Å². The van der Waals surface area contributed by atoms with Gasteiger partial charge in [-0.3, -0.25) is 14.5 Å². The summed E-state index contributed by atoms with van der Waals surface area (Å²) in [5.41, 5.74) is 0. The number of carbonyl (C=O) groups excluding carboxylic acids is 3. The van der Waals surface area contributed by atoms with Crippen LogP contribution >= 0.6 is 0 Å². The van der Waals surface area contributed by atoms with Crippen LogP contribution in [0.1, 0.15) is 118 Å². The van der Waals surface area contributed by atoms with Crippen LogP contribution in [0, 0.1) is 5.92 Å². The van der Waals surface area contributed by atoms with Crippen molar-refractivity contribution in [3.63, 3.8) is 0 Å². The lowest BCUT2D eigenvalue weighted by Crippen LogP contribution is -2.46. The van der Waals surface area contributed by atoms with E-state index in [1.807, 2.05) is 0 Å². The molecule has 1 aliphatic rings. The van der Waals surface area contributed by atoms with E-state index < -0.39 is 23.8 Å². The normalized spacial score (nSPS) is 15.7. The van der Waals surface area contributed by atoms with Crippen molar-refractivity contribution in [3.05, 3.63) is 12.2 Å². The predicted molar refractivity (Wildman–Crippen MR) is 125 cm³/mol. The average molecular weight is 436 g/mol. The van der Waals surface area contributed by atoms with E-state index in [0.717, 1.165) is 56.3 Å². The molecule has 0 saturated heterocycles. The molecule has 0 N–H and O–H groups in total. The fourth-order valence-electron chi connectivity index (χ4n) is 4.12. The molecule has 1 heterocycles. The summed E-state index contributed by atoms with van der Waals surface area (Å²) in [6, 6.07) is -0.805. The zero-order valence-electron chi connectivity index (χ0n) is 20.4. The molecule has 2 atom stereocenters. The highest BCUT2D eigenvalue weighted by molar-refractivity contribution is 6.14. The van der Waals surface area contributed by atoms with Gasteiger partial charge in [0.15, 0.2) is 0 Å². The van der Waals surface area contributed by atoms with Gasteiger partial charge >= 0.3 is 5.97 Å². The Morgan fingerprint density at radius 2 is 1.32 bits per heavy atom. The smallest absolute Gasteiger partial charge is 0.329 e. The van der Waals surface area contributed by atoms with Gasteiger partial charge in [-0.1, -0.05) is 91.9 Å². The van der Waals surface area contributed by atoms with Crippen LogP contribution in [0.2, 0.25) is 0 Å². The molecule has 0 aromatic heterocycles. The van der Waals surface area contributed by atoms with Gasteiger partial charge in [-0.25, -0.2) is 4.79 Å². The molecule has 2 unspecified atom stereocenters. The largest absolute Gasteiger partial charge is 0.461 e. The standard InChI is InChI=1S/C26H45NO4/c1-5-7-8-9-10-11-12-18-23(27-24(28)19-20-25(27)29)26(30)31-22(15-6-2)17-14-13-16-21(3)4/h19-23H,5-18H2,1-4H3. The van der Waals surface area contributed by atoms with Crippen molar-refractivity contribution in [1.29, 1.82) is 0 Å². The molecule has 0 aromatic rings. The molecular formula is C26H45NO4. The van der Waals surface area contributed by atoms with E-state index in [0.29, 0.717) is 12.3 Å². The van der Waals surface area contributed by atoms with Gasteiger partial charge in [0, 0.05) is 12.2 Å². The van der Waals surface area contributed by atoms with Crippen molar-refractivity contribution >= 4 is 17.8 Å². The number of imide groups is 1. The maximum Gasteiger partial charge on any atom is 0.329 e. The molecule has 31 heavy (non-hydrogen) atoms. The first kappa shape index (κ1) is 27.4. The van der Waals surface area contributed by atoms with Crippen LogP contribution in [0.25, 0.3) is 0 Å². The molecule has 0 aromatic carbocycles. The maximum absolute atomic E-state index is 13.1. The zero-order chi connectivity index (χ0) is 23.1. The summed E-state index contributed by atoms with van der Waals surface area (Å²) in [6.07, 6.45) is 16.6. The predicted octanol–water partition coefficient (Wildman–Crippen LogP) is 6.35. The summed E-state index contributed by atoms with van der Waals surface area (Å²) in [4.78, 5) is 38.6. The number of hydrogen-bond acceptors (Lipinski definition) is 4. The zero-order valence-corrected chi connectivity index (χ0v) is 20.4. The molecule has 5 heteroatoms. The summed E-state index contributed by atoms with van der Waals surface area (Å²) >= 11 is 0. The Morgan fingerprint density at radius 3 is 1.90 bits per heavy atom. The maximum atomic E-state index is 13.1. The van der Waals surface area contributed by atoms with Crippen molar-refractivity contribution < 1.29 is 19.1 Å². The minimum Gasteiger partial charge on any atom is -0.461 e. The number of rotatable bonds is 18. The van der Waals surface area contributed by atoms with Gasteiger partial charge < -0.3 is 4.74 Å². The molecule has 0 saturated carbocycles. The lowest BCUT2D eigenvalue weighted by Gasteiger charge is -2.27. The highest BCUT2D eigenvalue weighted by Gasteiger charge is 2.37. The molecule has 0 spiro atoms. The minimum absolute atomic E-state index is 0.137. The van der Waals surface area contributed by atoms with Gasteiger partial charge in [0.25, 0.3) is 11.8 Å². The summed E-state index contributed by atoms with van der Waals surface area (Å²) in [5, 5.41) is 0. The molecule has 0 bridgehead atoms. The molecule has 1 rings (SSSR count). The van der Waals surface area contributed by atoms with Crippen LogP contribution in [0.3, 0.4) is 0 Å². The van der Waals surface area contributed by atoms with Crippen molar-refractivity contribution in [3.8, 4) is 0 Å². The Bertz CT molecular complexity index is 552. The second-order valence-electron chi connectivity index (χ2n) is 9.33. The molecule has 0 aliphatic carbocycles. The highest BCUT2D eigenvalue weighted by atomic mass is 16.5. The Labute approximate surface area is 190 Å². The molecule has 178 valence electrons. The van der Waals surface area contributed by atoms with E-state index in [4.69, 9.17) is 4.74 Å². The SMILES string of the molecule is CCCCCCCCCC(C(=O)OC(CCC)CCCCC(C)C)N1C(=O)C=CC1=O. The Kier molecular flexibility index (Phi) is 14.2. The lowest BCUT2D eigenvalue weighted by atomic mass is 10.0. The van der Waals surface area contributed by atoms with Crippen molar-refractivity contribution in [2.75, 3.05) is 0 Å². The molecule has 5 nitrogen and oxygen atoms in total. The number of amides is 2. The van der Waals surface area contributed by atoms with Crippen LogP contribution in [-0.2, 0) is 19.1 Å². The summed E-state index contributed by atoms with van der Waals surface area (Å²) in [5.74, 6) is -0.547. The van der Waals surface area contributed by atoms with Gasteiger partial charge in [-0.05, 0) is 31.6 Å². The van der Waals surface area contributed by atoms with Gasteiger partial charge in [0.1, 0.15) is 12.1 Å². The van der Waals surface area contributed by atoms with Crippen molar-refractivity contribution in [2.24, 2.45) is 5.92 Å². The lowest BCUT2D eigenvalue weighted by molar-refractivity contribution is -0.162. The van der Waals surface area contributed by atoms with Gasteiger partial charge in [-0.2, -0.15) is 0 Å². The van der Waals surface area contributed by atoms with Crippen molar-refractivity contribution in [2.45, 2.75) is 130 Å². The number of ether oxygens (including phenoxy) is 1. The first-order chi connectivity index (χ1) is 14.9. The third kappa shape index (κ3) is 11.0. The summed E-state index contributed by atoms with van der Waals surface area (Å²) in [7, 11) is 0. The molecule has 1 aliphatic heterocycles. The quantitative estimate of drug-likeness (QED) is 0.143. The highest BCUT2D eigenvalue weighted by Crippen LogP contribution is 2.21. The topological polar surface area (TPSA) is 63.7 Å². The van der Waals surface area contributed by atoms with E-state index in [-0.39, 0.29) is 6.10 Å². The van der Waals surface area contributed by atoms with Gasteiger partial charge in [-0.15, -0.1) is 0 Å². The van der Waals surface area contributed by atoms with Crippen LogP contribution < -0.4 is 0 Å². The Morgan fingerprint density at radius 1 is 0.774 bits per heavy atom. The minimum atomic E-state index is -0.805. The fourth-order valence-corrected chi connectivity index (χ4v) is 4.12. The number of unbranched alkanes of at least 4 members (excludes halogenated alkanes) is 7. The van der Waals surface area contributed by atoms with Crippen LogP contribution in [0.4, 0.5) is 0 Å². The Balaban J connectivity index is 2.64. The monoisotopic (exact) mass is 435 g/mol. The van der Waals surface area contributed by atoms with E-state index in [2.05, 4.69) is 27.7 Å². The van der Waals surface area contributed by atoms with E-state index in [1.54, 1.807) is 0 Å². The number of esters is 1. The second-order valence-corrected chi connectivity index (χ2v) is 9.33. The van der Waals surface area contributed by atoms with E-state index >= 15 is 0 Å². The van der Waals surface area contributed by atoms with Gasteiger partial charge in [0.05, 0.1) is 0 Å². The fraction of sp³-hybridized carbons (Fsp3) is 0.808. The third-order valence-corrected chi connectivity index (χ3v) is 5.96. The first-order valence-corrected chi connectivity index (χ1v) is 12.7. The van der Waals surface area contributed by atoms with Crippen LogP contribution in [0.5, 0.6) is 0 Å². The number of nitrogens with zero attached hydrogens (tertiary/aromatic N) is 1. The molecular weight excluding hydrogens is 390 g/mol. The average Bonchev–Trinajstić information content (AvgIpc) is 3.05. The van der Waals surface area contributed by atoms with Crippen molar-refractivity contribution in [1.82, 2.24) is 4.90 Å². The third-order valence-electron chi connectivity index (χ3n) is 5.96.